The number of benzene rings is 1. The second kappa shape index (κ2) is 8.42. The van der Waals surface area contributed by atoms with Crippen molar-refractivity contribution in [3.05, 3.63) is 24.3 Å². The molecule has 0 saturated heterocycles. The number of alkyl halides is 3. The number of esters is 1. The highest BCUT2D eigenvalue weighted by Crippen LogP contribution is 2.23. The van der Waals surface area contributed by atoms with Gasteiger partial charge in [-0.3, -0.25) is 0 Å². The van der Waals surface area contributed by atoms with Crippen LogP contribution in [0.25, 0.3) is 0 Å². The number of carbonyl (C=O) groups excluding carboxylic acids is 2. The Morgan fingerprint density at radius 3 is 2.21 bits per heavy atom. The molecule has 1 aromatic carbocycles. The van der Waals surface area contributed by atoms with Crippen molar-refractivity contribution in [2.75, 3.05) is 12.4 Å². The van der Waals surface area contributed by atoms with Crippen molar-refractivity contribution < 1.29 is 32.2 Å². The van der Waals surface area contributed by atoms with E-state index in [0.717, 1.165) is 12.1 Å². The monoisotopic (exact) mass is 348 g/mol. The fourth-order valence-corrected chi connectivity index (χ4v) is 1.89. The summed E-state index contributed by atoms with van der Waals surface area (Å²) in [4.78, 5) is 23.5. The predicted octanol–water partition coefficient (Wildman–Crippen LogP) is 3.29. The molecule has 134 valence electrons. The summed E-state index contributed by atoms with van der Waals surface area (Å²) in [7, 11) is 1.22. The van der Waals surface area contributed by atoms with E-state index in [4.69, 9.17) is 0 Å². The fraction of sp³-hybridized carbons (Fsp3) is 0.467. The second-order valence-corrected chi connectivity index (χ2v) is 5.38. The highest BCUT2D eigenvalue weighted by atomic mass is 19.4. The molecule has 1 aromatic rings. The van der Waals surface area contributed by atoms with Crippen LogP contribution in [0.2, 0.25) is 0 Å². The van der Waals surface area contributed by atoms with Gasteiger partial charge in [0.05, 0.1) is 7.11 Å². The third kappa shape index (κ3) is 7.21. The standard InChI is InChI=1S/C15H19F3N2O4/c1-9(2)8-12(13(21)23-3)20-14(22)19-10-4-6-11(7-5-10)24-15(16,17)18/h4-7,9,12H,8H2,1-3H3,(H2,19,20,22). The predicted molar refractivity (Wildman–Crippen MR) is 80.5 cm³/mol. The Kier molecular flexibility index (Phi) is 6.87. The van der Waals surface area contributed by atoms with Gasteiger partial charge in [0.1, 0.15) is 11.8 Å². The molecule has 0 aliphatic heterocycles. The van der Waals surface area contributed by atoms with E-state index in [1.165, 1.54) is 19.2 Å². The molecule has 9 heteroatoms. The number of rotatable bonds is 6. The van der Waals surface area contributed by atoms with E-state index in [-0.39, 0.29) is 11.6 Å². The first-order chi connectivity index (χ1) is 11.1. The summed E-state index contributed by atoms with van der Waals surface area (Å²) in [5.41, 5.74) is 0.246. The first-order valence-corrected chi connectivity index (χ1v) is 7.12. The smallest absolute Gasteiger partial charge is 0.467 e. The summed E-state index contributed by atoms with van der Waals surface area (Å²) in [6.45, 7) is 3.77. The Morgan fingerprint density at radius 2 is 1.75 bits per heavy atom. The highest BCUT2D eigenvalue weighted by molar-refractivity contribution is 5.92. The third-order valence-electron chi connectivity index (χ3n) is 2.84. The fourth-order valence-electron chi connectivity index (χ4n) is 1.89. The van der Waals surface area contributed by atoms with Crippen LogP contribution in [-0.4, -0.2) is 31.5 Å². The maximum Gasteiger partial charge on any atom is 0.573 e. The summed E-state index contributed by atoms with van der Waals surface area (Å²) in [6, 6.07) is 3.13. The first kappa shape index (κ1) is 19.6. The Bertz CT molecular complexity index is 559. The van der Waals surface area contributed by atoms with Crippen LogP contribution < -0.4 is 15.4 Å². The van der Waals surface area contributed by atoms with E-state index in [1.807, 2.05) is 13.8 Å². The van der Waals surface area contributed by atoms with Gasteiger partial charge in [-0.1, -0.05) is 13.8 Å². The average Bonchev–Trinajstić information content (AvgIpc) is 2.45. The molecular weight excluding hydrogens is 329 g/mol. The van der Waals surface area contributed by atoms with Gasteiger partial charge >= 0.3 is 18.4 Å². The second-order valence-electron chi connectivity index (χ2n) is 5.38. The molecule has 6 nitrogen and oxygen atoms in total. The molecule has 24 heavy (non-hydrogen) atoms. The van der Waals surface area contributed by atoms with Gasteiger partial charge in [-0.05, 0) is 36.6 Å². The zero-order valence-corrected chi connectivity index (χ0v) is 13.4. The first-order valence-electron chi connectivity index (χ1n) is 7.12. The molecule has 2 N–H and O–H groups in total. The van der Waals surface area contributed by atoms with Crippen LogP contribution in [0.15, 0.2) is 24.3 Å². The van der Waals surface area contributed by atoms with Crippen molar-refractivity contribution in [2.45, 2.75) is 32.7 Å². The largest absolute Gasteiger partial charge is 0.573 e. The number of urea groups is 1. The molecule has 0 aliphatic rings. The van der Waals surface area contributed by atoms with Crippen LogP contribution in [0.5, 0.6) is 5.75 Å². The normalized spacial score (nSPS) is 12.5. The molecule has 0 spiro atoms. The van der Waals surface area contributed by atoms with E-state index in [9.17, 15) is 22.8 Å². The number of amides is 2. The molecule has 0 heterocycles. The van der Waals surface area contributed by atoms with Gasteiger partial charge in [0.15, 0.2) is 0 Å². The number of hydrogen-bond donors (Lipinski definition) is 2. The van der Waals surface area contributed by atoms with E-state index < -0.39 is 30.2 Å². The van der Waals surface area contributed by atoms with Crippen molar-refractivity contribution in [1.29, 1.82) is 0 Å². The maximum atomic E-state index is 12.1. The van der Waals surface area contributed by atoms with E-state index in [2.05, 4.69) is 20.1 Å². The Hall–Kier alpha value is -2.45. The van der Waals surface area contributed by atoms with Crippen molar-refractivity contribution >= 4 is 17.7 Å². The quantitative estimate of drug-likeness (QED) is 0.774. The van der Waals surface area contributed by atoms with Crippen LogP contribution in [-0.2, 0) is 9.53 Å². The average molecular weight is 348 g/mol. The Labute approximate surface area is 137 Å². The van der Waals surface area contributed by atoms with Crippen LogP contribution in [0, 0.1) is 5.92 Å². The molecular formula is C15H19F3N2O4. The lowest BCUT2D eigenvalue weighted by atomic mass is 10.0. The van der Waals surface area contributed by atoms with Crippen molar-refractivity contribution in [1.82, 2.24) is 5.32 Å². The summed E-state index contributed by atoms with van der Waals surface area (Å²) in [6.07, 6.45) is -4.39. The Morgan fingerprint density at radius 1 is 1.17 bits per heavy atom. The minimum Gasteiger partial charge on any atom is -0.467 e. The lowest BCUT2D eigenvalue weighted by Crippen LogP contribution is -2.44. The number of halogens is 3. The minimum absolute atomic E-state index is 0.146. The maximum absolute atomic E-state index is 12.1. The Balaban J connectivity index is 2.64. The highest BCUT2D eigenvalue weighted by Gasteiger charge is 2.31. The lowest BCUT2D eigenvalue weighted by molar-refractivity contribution is -0.274. The molecule has 1 rings (SSSR count). The number of anilines is 1. The summed E-state index contributed by atoms with van der Waals surface area (Å²) in [5, 5.41) is 4.88. The van der Waals surface area contributed by atoms with Gasteiger partial charge < -0.3 is 20.1 Å². The molecule has 2 amide bonds. The van der Waals surface area contributed by atoms with Crippen LogP contribution in [0.4, 0.5) is 23.7 Å². The van der Waals surface area contributed by atoms with E-state index in [0.29, 0.717) is 6.42 Å². The SMILES string of the molecule is COC(=O)C(CC(C)C)NC(=O)Nc1ccc(OC(F)(F)F)cc1. The zero-order valence-electron chi connectivity index (χ0n) is 13.4. The molecule has 0 radical (unpaired) electrons. The zero-order chi connectivity index (χ0) is 18.3. The van der Waals surface area contributed by atoms with Gasteiger partial charge in [0.2, 0.25) is 0 Å². The lowest BCUT2D eigenvalue weighted by Gasteiger charge is -2.18. The number of ether oxygens (including phenoxy) is 2. The van der Waals surface area contributed by atoms with Crippen molar-refractivity contribution in [3.8, 4) is 5.75 Å². The van der Waals surface area contributed by atoms with Crippen LogP contribution >= 0.6 is 0 Å². The van der Waals surface area contributed by atoms with Gasteiger partial charge in [-0.2, -0.15) is 0 Å². The van der Waals surface area contributed by atoms with Crippen LogP contribution in [0.1, 0.15) is 20.3 Å². The van der Waals surface area contributed by atoms with Crippen molar-refractivity contribution in [3.63, 3.8) is 0 Å². The summed E-state index contributed by atoms with van der Waals surface area (Å²) >= 11 is 0. The van der Waals surface area contributed by atoms with Gasteiger partial charge in [0, 0.05) is 5.69 Å². The minimum atomic E-state index is -4.78. The van der Waals surface area contributed by atoms with Gasteiger partial charge in [0.25, 0.3) is 0 Å². The third-order valence-corrected chi connectivity index (χ3v) is 2.84. The molecule has 0 bridgehead atoms. The molecule has 0 saturated carbocycles. The summed E-state index contributed by atoms with van der Waals surface area (Å²) < 4.78 is 44.5. The molecule has 0 aromatic heterocycles. The number of nitrogens with one attached hydrogen (secondary N) is 2. The molecule has 0 fully saturated rings. The van der Waals surface area contributed by atoms with Gasteiger partial charge in [-0.25, -0.2) is 9.59 Å². The number of methoxy groups -OCH3 is 1. The van der Waals surface area contributed by atoms with Gasteiger partial charge in [-0.15, -0.1) is 13.2 Å². The number of carbonyl (C=O) groups is 2. The molecule has 0 aliphatic carbocycles. The number of hydrogen-bond acceptors (Lipinski definition) is 4. The molecule has 1 atom stereocenters. The molecule has 1 unspecified atom stereocenters. The van der Waals surface area contributed by atoms with E-state index >= 15 is 0 Å². The van der Waals surface area contributed by atoms with Crippen LogP contribution in [0.3, 0.4) is 0 Å². The topological polar surface area (TPSA) is 76.7 Å². The summed E-state index contributed by atoms with van der Waals surface area (Å²) in [5.74, 6) is -0.832. The van der Waals surface area contributed by atoms with Crippen molar-refractivity contribution in [2.24, 2.45) is 5.92 Å². The van der Waals surface area contributed by atoms with E-state index in [1.54, 1.807) is 0 Å².